The van der Waals surface area contributed by atoms with E-state index in [0.29, 0.717) is 23.8 Å². The third-order valence-electron chi connectivity index (χ3n) is 4.17. The minimum Gasteiger partial charge on any atom is -0.276 e. The number of hydrogen-bond donors (Lipinski definition) is 1. The van der Waals surface area contributed by atoms with Crippen molar-refractivity contribution in [2.24, 2.45) is 0 Å². The van der Waals surface area contributed by atoms with Crippen LogP contribution >= 0.6 is 11.6 Å². The highest BCUT2D eigenvalue weighted by Crippen LogP contribution is 2.18. The maximum Gasteiger partial charge on any atom is 0.239 e. The van der Waals surface area contributed by atoms with Crippen LogP contribution in [0, 0.1) is 0 Å². The summed E-state index contributed by atoms with van der Waals surface area (Å²) in [5, 5.41) is 4.79. The molecule has 2 amide bonds. The lowest BCUT2D eigenvalue weighted by atomic mass is 10.2. The van der Waals surface area contributed by atoms with E-state index in [1.54, 1.807) is 30.7 Å². The molecule has 150 valence electrons. The van der Waals surface area contributed by atoms with Crippen molar-refractivity contribution in [3.8, 4) is 0 Å². The molecule has 3 aromatic rings. The van der Waals surface area contributed by atoms with Gasteiger partial charge in [-0.15, -0.1) is 0 Å². The van der Waals surface area contributed by atoms with Gasteiger partial charge in [-0.3, -0.25) is 24.4 Å². The van der Waals surface area contributed by atoms with E-state index >= 15 is 0 Å². The number of amides is 2. The predicted molar refractivity (Wildman–Crippen MR) is 110 cm³/mol. The number of halogens is 1. The van der Waals surface area contributed by atoms with Gasteiger partial charge in [0.25, 0.3) is 0 Å². The van der Waals surface area contributed by atoms with Crippen LogP contribution in [0.15, 0.2) is 55.0 Å². The Morgan fingerprint density at radius 1 is 1.24 bits per heavy atom. The summed E-state index contributed by atoms with van der Waals surface area (Å²) in [7, 11) is 0. The molecule has 1 N–H and O–H groups in total. The summed E-state index contributed by atoms with van der Waals surface area (Å²) >= 11 is 6.14. The zero-order chi connectivity index (χ0) is 20.6. The van der Waals surface area contributed by atoms with Gasteiger partial charge in [0.15, 0.2) is 5.82 Å². The summed E-state index contributed by atoms with van der Waals surface area (Å²) in [5.74, 6) is 0.159. The van der Waals surface area contributed by atoms with E-state index in [9.17, 15) is 9.59 Å². The number of fused-ring (bicyclic) bond motifs is 1. The maximum atomic E-state index is 11.9. The summed E-state index contributed by atoms with van der Waals surface area (Å²) in [5.41, 5.74) is 3.89. The van der Waals surface area contributed by atoms with Gasteiger partial charge in [-0.25, -0.2) is 10.4 Å². The second-order valence-corrected chi connectivity index (χ2v) is 6.53. The molecule has 0 unspecified atom stereocenters. The average molecular weight is 414 g/mol. The number of carbonyl (C=O) groups excluding carboxylic acids is 2. The lowest BCUT2D eigenvalue weighted by Crippen LogP contribution is -2.44. The SMILES string of the molecule is CC(=O)N(CCON(C=O)c1cc2ccncc2cn1)NCc1ccccc1Cl. The first-order valence-electron chi connectivity index (χ1n) is 8.90. The number of rotatable bonds is 9. The number of carbonyl (C=O) groups is 2. The van der Waals surface area contributed by atoms with Crippen molar-refractivity contribution in [1.82, 2.24) is 20.4 Å². The van der Waals surface area contributed by atoms with Gasteiger partial charge in [0, 0.05) is 42.5 Å². The molecule has 3 rings (SSSR count). The lowest BCUT2D eigenvalue weighted by Gasteiger charge is -2.23. The molecule has 0 fully saturated rings. The average Bonchev–Trinajstić information content (AvgIpc) is 2.74. The van der Waals surface area contributed by atoms with Gasteiger partial charge in [0.2, 0.25) is 12.3 Å². The van der Waals surface area contributed by atoms with Crippen LogP contribution in [-0.4, -0.2) is 40.4 Å². The molecule has 0 atom stereocenters. The fourth-order valence-electron chi connectivity index (χ4n) is 2.64. The Bertz CT molecular complexity index is 1000. The van der Waals surface area contributed by atoms with Crippen LogP contribution in [0.5, 0.6) is 0 Å². The van der Waals surface area contributed by atoms with E-state index in [1.165, 1.54) is 11.9 Å². The number of nitrogens with one attached hydrogen (secondary N) is 1. The van der Waals surface area contributed by atoms with Crippen LogP contribution in [0.25, 0.3) is 10.8 Å². The fourth-order valence-corrected chi connectivity index (χ4v) is 2.84. The van der Waals surface area contributed by atoms with Gasteiger partial charge in [-0.2, -0.15) is 5.06 Å². The largest absolute Gasteiger partial charge is 0.276 e. The first kappa shape index (κ1) is 20.7. The van der Waals surface area contributed by atoms with Crippen LogP contribution < -0.4 is 10.5 Å². The Morgan fingerprint density at radius 3 is 2.83 bits per heavy atom. The number of hydroxylamine groups is 1. The Balaban J connectivity index is 1.58. The fraction of sp³-hybridized carbons (Fsp3) is 0.200. The lowest BCUT2D eigenvalue weighted by molar-refractivity contribution is -0.133. The van der Waals surface area contributed by atoms with Gasteiger partial charge >= 0.3 is 0 Å². The smallest absolute Gasteiger partial charge is 0.239 e. The van der Waals surface area contributed by atoms with E-state index in [1.807, 2.05) is 24.3 Å². The molecular formula is C20H20ClN5O3. The minimum absolute atomic E-state index is 0.0872. The molecular weight excluding hydrogens is 394 g/mol. The molecule has 2 aromatic heterocycles. The molecule has 0 saturated heterocycles. The third-order valence-corrected chi connectivity index (χ3v) is 4.54. The molecule has 0 spiro atoms. The van der Waals surface area contributed by atoms with Crippen molar-refractivity contribution in [3.05, 3.63) is 65.6 Å². The van der Waals surface area contributed by atoms with Gasteiger partial charge in [-0.05, 0) is 29.1 Å². The Kier molecular flexibility index (Phi) is 7.07. The Labute approximate surface area is 173 Å². The van der Waals surface area contributed by atoms with Gasteiger partial charge in [0.05, 0.1) is 13.2 Å². The summed E-state index contributed by atoms with van der Waals surface area (Å²) in [6.07, 6.45) is 5.50. The Morgan fingerprint density at radius 2 is 2.07 bits per heavy atom. The molecule has 9 heteroatoms. The molecule has 2 heterocycles. The summed E-state index contributed by atoms with van der Waals surface area (Å²) in [6.45, 7) is 2.14. The van der Waals surface area contributed by atoms with E-state index in [0.717, 1.165) is 21.4 Å². The van der Waals surface area contributed by atoms with Crippen LogP contribution in [0.1, 0.15) is 12.5 Å². The molecule has 0 saturated carbocycles. The van der Waals surface area contributed by atoms with Crippen LogP contribution in [-0.2, 0) is 21.0 Å². The minimum atomic E-state index is -0.186. The van der Waals surface area contributed by atoms with Crippen molar-refractivity contribution in [3.63, 3.8) is 0 Å². The highest BCUT2D eigenvalue weighted by Gasteiger charge is 2.13. The van der Waals surface area contributed by atoms with Crippen molar-refractivity contribution >= 4 is 40.5 Å². The van der Waals surface area contributed by atoms with Crippen LogP contribution in [0.2, 0.25) is 5.02 Å². The summed E-state index contributed by atoms with van der Waals surface area (Å²) < 4.78 is 0. The highest BCUT2D eigenvalue weighted by molar-refractivity contribution is 6.31. The highest BCUT2D eigenvalue weighted by atomic mass is 35.5. The first-order chi connectivity index (χ1) is 14.1. The summed E-state index contributed by atoms with van der Waals surface area (Å²) in [6, 6.07) is 10.9. The number of anilines is 1. The normalized spacial score (nSPS) is 10.7. The van der Waals surface area contributed by atoms with E-state index in [2.05, 4.69) is 15.4 Å². The van der Waals surface area contributed by atoms with E-state index in [4.69, 9.17) is 16.4 Å². The predicted octanol–water partition coefficient (Wildman–Crippen LogP) is 2.73. The third kappa shape index (κ3) is 5.47. The molecule has 0 aliphatic heterocycles. The van der Waals surface area contributed by atoms with E-state index < -0.39 is 0 Å². The second-order valence-electron chi connectivity index (χ2n) is 6.13. The van der Waals surface area contributed by atoms with Crippen molar-refractivity contribution in [2.45, 2.75) is 13.5 Å². The molecule has 0 aliphatic carbocycles. The van der Waals surface area contributed by atoms with Gasteiger partial charge in [-0.1, -0.05) is 29.8 Å². The van der Waals surface area contributed by atoms with Crippen LogP contribution in [0.4, 0.5) is 5.82 Å². The number of aromatic nitrogens is 2. The monoisotopic (exact) mass is 413 g/mol. The number of hydrazine groups is 1. The van der Waals surface area contributed by atoms with Crippen molar-refractivity contribution in [1.29, 1.82) is 0 Å². The molecule has 8 nitrogen and oxygen atoms in total. The molecule has 1 aromatic carbocycles. The zero-order valence-electron chi connectivity index (χ0n) is 15.8. The topological polar surface area (TPSA) is 87.7 Å². The van der Waals surface area contributed by atoms with Crippen molar-refractivity contribution in [2.75, 3.05) is 18.2 Å². The molecule has 29 heavy (non-hydrogen) atoms. The summed E-state index contributed by atoms with van der Waals surface area (Å²) in [4.78, 5) is 37.1. The number of pyridine rings is 2. The molecule has 0 radical (unpaired) electrons. The zero-order valence-corrected chi connectivity index (χ0v) is 16.5. The van der Waals surface area contributed by atoms with Gasteiger partial charge < -0.3 is 0 Å². The quantitative estimate of drug-likeness (QED) is 0.428. The van der Waals surface area contributed by atoms with Gasteiger partial charge in [0.1, 0.15) is 0 Å². The first-order valence-corrected chi connectivity index (χ1v) is 9.28. The number of hydrogen-bond acceptors (Lipinski definition) is 6. The van der Waals surface area contributed by atoms with Crippen LogP contribution in [0.3, 0.4) is 0 Å². The maximum absolute atomic E-state index is 11.9. The number of benzene rings is 1. The molecule has 0 bridgehead atoms. The standard InChI is InChI=1S/C20H20ClN5O3/c1-15(28)25(24-13-17-4-2-3-5-19(17)21)8-9-29-26(14-27)20-10-16-6-7-22-11-18(16)12-23-20/h2-7,10-12,14,24H,8-9,13H2,1H3. The van der Waals surface area contributed by atoms with Crippen molar-refractivity contribution < 1.29 is 14.4 Å². The Hall–Kier alpha value is -3.07. The molecule has 0 aliphatic rings. The second kappa shape index (κ2) is 9.92. The number of nitrogens with zero attached hydrogens (tertiary/aromatic N) is 4. The van der Waals surface area contributed by atoms with E-state index in [-0.39, 0.29) is 19.1 Å².